The molecule has 0 saturated heterocycles. The van der Waals surface area contributed by atoms with Gasteiger partial charge in [-0.2, -0.15) is 0 Å². The van der Waals surface area contributed by atoms with E-state index in [0.29, 0.717) is 6.42 Å². The Morgan fingerprint density at radius 3 is 2.57 bits per heavy atom. The number of para-hydroxylation sites is 1. The maximum Gasteiger partial charge on any atom is 0.122 e. The molecule has 2 heteroatoms. The minimum atomic E-state index is -0.644. The molecule has 1 N–H and O–H groups in total. The van der Waals surface area contributed by atoms with E-state index >= 15 is 0 Å². The average Bonchev–Trinajstić information content (AvgIpc) is 2.18. The minimum Gasteiger partial charge on any atom is -0.496 e. The van der Waals surface area contributed by atoms with E-state index in [-0.39, 0.29) is 0 Å². The molecule has 0 bridgehead atoms. The van der Waals surface area contributed by atoms with Crippen LogP contribution in [0.2, 0.25) is 0 Å². The third-order valence-corrected chi connectivity index (χ3v) is 2.53. The summed E-state index contributed by atoms with van der Waals surface area (Å²) in [6.07, 6.45) is 1.37. The molecule has 1 atom stereocenters. The van der Waals surface area contributed by atoms with Gasteiger partial charge >= 0.3 is 0 Å². The lowest BCUT2D eigenvalue weighted by molar-refractivity contribution is 0.0558. The van der Waals surface area contributed by atoms with Crippen molar-refractivity contribution in [1.29, 1.82) is 0 Å². The molecule has 0 saturated carbocycles. The van der Waals surface area contributed by atoms with Crippen LogP contribution < -0.4 is 4.74 Å². The molecule has 0 radical (unpaired) electrons. The highest BCUT2D eigenvalue weighted by Crippen LogP contribution is 2.24. The van der Waals surface area contributed by atoms with Crippen LogP contribution in [0.25, 0.3) is 0 Å². The molecule has 0 aliphatic carbocycles. The van der Waals surface area contributed by atoms with Gasteiger partial charge in [-0.1, -0.05) is 25.1 Å². The zero-order valence-corrected chi connectivity index (χ0v) is 9.08. The smallest absolute Gasteiger partial charge is 0.122 e. The summed E-state index contributed by atoms with van der Waals surface area (Å²) >= 11 is 0. The van der Waals surface area contributed by atoms with Crippen molar-refractivity contribution in [2.24, 2.45) is 0 Å². The Bertz CT molecular complexity index is 292. The van der Waals surface area contributed by atoms with Gasteiger partial charge in [-0.05, 0) is 25.0 Å². The molecular weight excluding hydrogens is 176 g/mol. The lowest BCUT2D eigenvalue weighted by Crippen LogP contribution is -2.25. The third kappa shape index (κ3) is 2.74. The van der Waals surface area contributed by atoms with E-state index in [1.807, 2.05) is 38.1 Å². The quantitative estimate of drug-likeness (QED) is 0.797. The van der Waals surface area contributed by atoms with E-state index in [0.717, 1.165) is 17.7 Å². The van der Waals surface area contributed by atoms with Gasteiger partial charge in [-0.3, -0.25) is 0 Å². The van der Waals surface area contributed by atoms with Gasteiger partial charge < -0.3 is 9.84 Å². The topological polar surface area (TPSA) is 29.5 Å². The van der Waals surface area contributed by atoms with Crippen LogP contribution >= 0.6 is 0 Å². The summed E-state index contributed by atoms with van der Waals surface area (Å²) in [5.41, 5.74) is 0.413. The largest absolute Gasteiger partial charge is 0.496 e. The summed E-state index contributed by atoms with van der Waals surface area (Å²) in [5, 5.41) is 9.94. The molecule has 78 valence electrons. The van der Waals surface area contributed by atoms with Gasteiger partial charge in [-0.25, -0.2) is 0 Å². The number of hydrogen-bond acceptors (Lipinski definition) is 2. The maximum atomic E-state index is 9.94. The van der Waals surface area contributed by atoms with Crippen molar-refractivity contribution in [1.82, 2.24) is 0 Å². The fraction of sp³-hybridized carbons (Fsp3) is 0.500. The van der Waals surface area contributed by atoms with Gasteiger partial charge in [0.05, 0.1) is 12.7 Å². The first-order valence-corrected chi connectivity index (χ1v) is 4.93. The molecule has 0 aliphatic rings. The summed E-state index contributed by atoms with van der Waals surface area (Å²) < 4.78 is 5.22. The van der Waals surface area contributed by atoms with E-state index in [2.05, 4.69) is 0 Å². The Kier molecular flexibility index (Phi) is 3.53. The zero-order chi connectivity index (χ0) is 10.6. The van der Waals surface area contributed by atoms with Crippen LogP contribution in [0.3, 0.4) is 0 Å². The zero-order valence-electron chi connectivity index (χ0n) is 9.08. The van der Waals surface area contributed by atoms with Gasteiger partial charge in [0.25, 0.3) is 0 Å². The molecule has 1 aromatic carbocycles. The van der Waals surface area contributed by atoms with Gasteiger partial charge in [0.15, 0.2) is 0 Å². The van der Waals surface area contributed by atoms with E-state index in [4.69, 9.17) is 4.74 Å². The van der Waals surface area contributed by atoms with Crippen molar-refractivity contribution in [3.05, 3.63) is 29.8 Å². The molecule has 14 heavy (non-hydrogen) atoms. The van der Waals surface area contributed by atoms with Crippen LogP contribution in [0.15, 0.2) is 24.3 Å². The Morgan fingerprint density at radius 1 is 1.36 bits per heavy atom. The minimum absolute atomic E-state index is 0.632. The van der Waals surface area contributed by atoms with E-state index in [9.17, 15) is 5.11 Å². The molecule has 1 unspecified atom stereocenters. The lowest BCUT2D eigenvalue weighted by atomic mass is 9.94. The van der Waals surface area contributed by atoms with Crippen LogP contribution in [0.5, 0.6) is 5.75 Å². The Hall–Kier alpha value is -1.02. The molecule has 0 spiro atoms. The number of ether oxygens (including phenoxy) is 1. The molecule has 0 aliphatic heterocycles. The summed E-state index contributed by atoms with van der Waals surface area (Å²) in [6.45, 7) is 3.83. The lowest BCUT2D eigenvalue weighted by Gasteiger charge is -2.22. The van der Waals surface area contributed by atoms with Crippen LogP contribution in [-0.4, -0.2) is 17.8 Å². The molecular formula is C12H18O2. The summed E-state index contributed by atoms with van der Waals surface area (Å²) in [6, 6.07) is 7.80. The number of hydrogen-bond donors (Lipinski definition) is 1. The van der Waals surface area contributed by atoms with Gasteiger partial charge in [0.2, 0.25) is 0 Å². The van der Waals surface area contributed by atoms with Crippen molar-refractivity contribution in [3.8, 4) is 5.75 Å². The Morgan fingerprint density at radius 2 is 2.00 bits per heavy atom. The fourth-order valence-electron chi connectivity index (χ4n) is 1.38. The van der Waals surface area contributed by atoms with Crippen molar-refractivity contribution >= 4 is 0 Å². The summed E-state index contributed by atoms with van der Waals surface area (Å²) in [5.74, 6) is 0.848. The first kappa shape index (κ1) is 11.1. The summed E-state index contributed by atoms with van der Waals surface area (Å²) in [4.78, 5) is 0. The van der Waals surface area contributed by atoms with Gasteiger partial charge in [0.1, 0.15) is 5.75 Å². The van der Waals surface area contributed by atoms with Gasteiger partial charge in [0, 0.05) is 6.42 Å². The monoisotopic (exact) mass is 194 g/mol. The van der Waals surface area contributed by atoms with Crippen LogP contribution in [0.1, 0.15) is 25.8 Å². The first-order chi connectivity index (χ1) is 6.59. The van der Waals surface area contributed by atoms with E-state index < -0.39 is 5.60 Å². The molecule has 1 rings (SSSR count). The van der Waals surface area contributed by atoms with Crippen LogP contribution in [-0.2, 0) is 6.42 Å². The average molecular weight is 194 g/mol. The number of benzene rings is 1. The number of aliphatic hydroxyl groups is 1. The van der Waals surface area contributed by atoms with Crippen molar-refractivity contribution in [2.45, 2.75) is 32.3 Å². The molecule has 0 heterocycles. The molecule has 0 fully saturated rings. The standard InChI is InChI=1S/C12H18O2/c1-4-12(2,13)9-10-7-5-6-8-11(10)14-3/h5-8,13H,4,9H2,1-3H3. The van der Waals surface area contributed by atoms with Crippen LogP contribution in [0, 0.1) is 0 Å². The number of rotatable bonds is 4. The van der Waals surface area contributed by atoms with Crippen molar-refractivity contribution in [3.63, 3.8) is 0 Å². The third-order valence-electron chi connectivity index (χ3n) is 2.53. The second-order valence-corrected chi connectivity index (χ2v) is 3.84. The Balaban J connectivity index is 2.85. The van der Waals surface area contributed by atoms with Gasteiger partial charge in [-0.15, -0.1) is 0 Å². The second-order valence-electron chi connectivity index (χ2n) is 3.84. The van der Waals surface area contributed by atoms with Crippen molar-refractivity contribution in [2.75, 3.05) is 7.11 Å². The first-order valence-electron chi connectivity index (χ1n) is 4.93. The maximum absolute atomic E-state index is 9.94. The molecule has 1 aromatic rings. The molecule has 0 aromatic heterocycles. The highest BCUT2D eigenvalue weighted by atomic mass is 16.5. The molecule has 2 nitrogen and oxygen atoms in total. The molecule has 0 amide bonds. The van der Waals surface area contributed by atoms with Crippen molar-refractivity contribution < 1.29 is 9.84 Å². The summed E-state index contributed by atoms with van der Waals surface area (Å²) in [7, 11) is 1.65. The SMILES string of the molecule is CCC(C)(O)Cc1ccccc1OC. The highest BCUT2D eigenvalue weighted by molar-refractivity contribution is 5.34. The Labute approximate surface area is 85.5 Å². The van der Waals surface area contributed by atoms with E-state index in [1.165, 1.54) is 0 Å². The van der Waals surface area contributed by atoms with Crippen LogP contribution in [0.4, 0.5) is 0 Å². The fourth-order valence-corrected chi connectivity index (χ4v) is 1.38. The van der Waals surface area contributed by atoms with E-state index in [1.54, 1.807) is 7.11 Å². The predicted octanol–water partition coefficient (Wildman–Crippen LogP) is 2.40. The number of methoxy groups -OCH3 is 1. The normalized spacial score (nSPS) is 14.9. The second kappa shape index (κ2) is 4.47. The highest BCUT2D eigenvalue weighted by Gasteiger charge is 2.19. The predicted molar refractivity (Wildman–Crippen MR) is 57.6 cm³/mol.